The van der Waals surface area contributed by atoms with Gasteiger partial charge in [-0.05, 0) is 12.8 Å². The van der Waals surface area contributed by atoms with Crippen molar-refractivity contribution in [3.8, 4) is 0 Å². The Morgan fingerprint density at radius 1 is 1.25 bits per heavy atom. The summed E-state index contributed by atoms with van der Waals surface area (Å²) >= 11 is 1.62. The summed E-state index contributed by atoms with van der Waals surface area (Å²) in [6.45, 7) is 0. The highest BCUT2D eigenvalue weighted by molar-refractivity contribution is 7.18. The zero-order valence-corrected chi connectivity index (χ0v) is 9.83. The van der Waals surface area contributed by atoms with Gasteiger partial charge in [-0.3, -0.25) is 0 Å². The Morgan fingerprint density at radius 2 is 2.00 bits per heavy atom. The predicted octanol–water partition coefficient (Wildman–Crippen LogP) is 1.90. The van der Waals surface area contributed by atoms with E-state index in [0.717, 1.165) is 34.7 Å². The van der Waals surface area contributed by atoms with Crippen molar-refractivity contribution in [3.63, 3.8) is 0 Å². The molecule has 0 saturated heterocycles. The highest BCUT2D eigenvalue weighted by atomic mass is 32.1. The molecule has 1 saturated carbocycles. The van der Waals surface area contributed by atoms with Gasteiger partial charge in [0.15, 0.2) is 10.5 Å². The Balaban J connectivity index is 1.89. The van der Waals surface area contributed by atoms with Crippen LogP contribution in [0.2, 0.25) is 0 Å². The molecule has 0 aliphatic heterocycles. The Kier molecular flexibility index (Phi) is 2.37. The first-order valence-electron chi connectivity index (χ1n) is 5.61. The molecular weight excluding hydrogens is 220 g/mol. The number of aromatic nitrogens is 3. The van der Waals surface area contributed by atoms with Crippen LogP contribution >= 0.6 is 11.3 Å². The molecule has 0 unspecified atom stereocenters. The Labute approximate surface area is 97.9 Å². The van der Waals surface area contributed by atoms with E-state index in [9.17, 15) is 0 Å². The number of hydrogen-bond donors (Lipinski definition) is 1. The maximum absolute atomic E-state index is 6.34. The molecule has 3 rings (SSSR count). The van der Waals surface area contributed by atoms with Crippen LogP contribution in [0.4, 0.5) is 0 Å². The van der Waals surface area contributed by atoms with E-state index in [4.69, 9.17) is 5.73 Å². The average Bonchev–Trinajstić information content (AvgIpc) is 2.84. The molecule has 0 amide bonds. The van der Waals surface area contributed by atoms with E-state index in [1.165, 1.54) is 12.8 Å². The molecule has 0 bridgehead atoms. The average molecular weight is 234 g/mol. The highest BCUT2D eigenvalue weighted by Crippen LogP contribution is 2.32. The minimum atomic E-state index is -0.0339. The van der Waals surface area contributed by atoms with Gasteiger partial charge >= 0.3 is 0 Å². The number of nitrogens with two attached hydrogens (primary N) is 1. The largest absolute Gasteiger partial charge is 0.325 e. The Hall–Kier alpha value is -1.07. The summed E-state index contributed by atoms with van der Waals surface area (Å²) in [4.78, 5) is 13.8. The number of rotatable bonds is 2. The van der Waals surface area contributed by atoms with Crippen molar-refractivity contribution in [1.29, 1.82) is 0 Å². The molecule has 0 spiro atoms. The lowest BCUT2D eigenvalue weighted by Gasteiger charge is -2.21. The summed E-state index contributed by atoms with van der Waals surface area (Å²) in [6, 6.07) is 0. The number of thiazole rings is 1. The number of fused-ring (bicyclic) bond motifs is 1. The number of nitrogens with zero attached hydrogens (tertiary/aromatic N) is 3. The van der Waals surface area contributed by atoms with Crippen LogP contribution in [0.25, 0.3) is 10.5 Å². The van der Waals surface area contributed by atoms with Gasteiger partial charge in [0.05, 0.1) is 5.01 Å². The second-order valence-electron chi connectivity index (χ2n) is 4.54. The fourth-order valence-corrected chi connectivity index (χ4v) is 3.37. The molecule has 1 aliphatic rings. The van der Waals surface area contributed by atoms with E-state index in [1.54, 1.807) is 23.7 Å². The van der Waals surface area contributed by atoms with Crippen LogP contribution in [0, 0.1) is 0 Å². The van der Waals surface area contributed by atoms with Crippen molar-refractivity contribution in [2.24, 2.45) is 5.73 Å². The molecule has 2 heterocycles. The summed E-state index contributed by atoms with van der Waals surface area (Å²) in [5.41, 5.74) is 7.06. The fourth-order valence-electron chi connectivity index (χ4n) is 2.35. The second-order valence-corrected chi connectivity index (χ2v) is 5.60. The van der Waals surface area contributed by atoms with Crippen molar-refractivity contribution < 1.29 is 0 Å². The normalized spacial score (nSPS) is 19.3. The lowest BCUT2D eigenvalue weighted by Crippen LogP contribution is -2.38. The zero-order valence-electron chi connectivity index (χ0n) is 9.02. The van der Waals surface area contributed by atoms with E-state index in [2.05, 4.69) is 15.0 Å². The molecule has 1 fully saturated rings. The van der Waals surface area contributed by atoms with Gasteiger partial charge < -0.3 is 5.73 Å². The molecule has 5 heteroatoms. The first-order valence-corrected chi connectivity index (χ1v) is 6.42. The van der Waals surface area contributed by atoms with Crippen molar-refractivity contribution in [2.45, 2.75) is 37.6 Å². The third-order valence-corrected chi connectivity index (χ3v) is 4.15. The minimum absolute atomic E-state index is 0.0339. The third kappa shape index (κ3) is 1.81. The van der Waals surface area contributed by atoms with E-state index < -0.39 is 0 Å². The van der Waals surface area contributed by atoms with E-state index in [1.807, 2.05) is 0 Å². The molecule has 1 aliphatic carbocycles. The molecule has 16 heavy (non-hydrogen) atoms. The maximum atomic E-state index is 6.34. The lowest BCUT2D eigenvalue weighted by molar-refractivity contribution is 0.436. The molecule has 2 N–H and O–H groups in total. The summed E-state index contributed by atoms with van der Waals surface area (Å²) < 4.78 is 0. The van der Waals surface area contributed by atoms with Crippen molar-refractivity contribution in [1.82, 2.24) is 15.0 Å². The van der Waals surface area contributed by atoms with Crippen LogP contribution in [-0.2, 0) is 6.42 Å². The lowest BCUT2D eigenvalue weighted by atomic mass is 9.95. The molecule has 0 radical (unpaired) electrons. The molecular formula is C11H14N4S. The molecule has 2 aromatic heterocycles. The summed E-state index contributed by atoms with van der Waals surface area (Å²) in [6.07, 6.45) is 8.98. The summed E-state index contributed by atoms with van der Waals surface area (Å²) in [5.74, 6) is 0. The van der Waals surface area contributed by atoms with Gasteiger partial charge in [-0.15, -0.1) is 0 Å². The standard InChI is InChI=1S/C11H14N4S/c12-11(3-1-2-4-11)7-8-15-9-10(16-8)14-6-5-13-9/h5-6H,1-4,7,12H2. The molecule has 84 valence electrons. The van der Waals surface area contributed by atoms with Crippen LogP contribution in [0.5, 0.6) is 0 Å². The monoisotopic (exact) mass is 234 g/mol. The Morgan fingerprint density at radius 3 is 2.75 bits per heavy atom. The first kappa shape index (κ1) is 10.1. The Bertz CT molecular complexity index is 468. The second kappa shape index (κ2) is 3.75. The van der Waals surface area contributed by atoms with Crippen molar-refractivity contribution in [3.05, 3.63) is 17.4 Å². The van der Waals surface area contributed by atoms with Gasteiger partial charge in [0.2, 0.25) is 0 Å². The molecule has 0 atom stereocenters. The molecule has 0 aromatic carbocycles. The zero-order chi connectivity index (χ0) is 11.0. The van der Waals surface area contributed by atoms with Crippen LogP contribution in [0.3, 0.4) is 0 Å². The summed E-state index contributed by atoms with van der Waals surface area (Å²) in [7, 11) is 0. The van der Waals surface area contributed by atoms with Gasteiger partial charge in [0, 0.05) is 24.4 Å². The quantitative estimate of drug-likeness (QED) is 0.862. The fraction of sp³-hybridized carbons (Fsp3) is 0.545. The van der Waals surface area contributed by atoms with E-state index >= 15 is 0 Å². The van der Waals surface area contributed by atoms with Crippen molar-refractivity contribution >= 4 is 21.8 Å². The predicted molar refractivity (Wildman–Crippen MR) is 64.3 cm³/mol. The SMILES string of the molecule is NC1(Cc2nc3nccnc3s2)CCCC1. The minimum Gasteiger partial charge on any atom is -0.325 e. The van der Waals surface area contributed by atoms with Crippen molar-refractivity contribution in [2.75, 3.05) is 0 Å². The molecule has 2 aromatic rings. The van der Waals surface area contributed by atoms with Gasteiger partial charge in [-0.25, -0.2) is 15.0 Å². The van der Waals surface area contributed by atoms with Crippen LogP contribution in [0.15, 0.2) is 12.4 Å². The van der Waals surface area contributed by atoms with E-state index in [-0.39, 0.29) is 5.54 Å². The van der Waals surface area contributed by atoms with E-state index in [0.29, 0.717) is 0 Å². The maximum Gasteiger partial charge on any atom is 0.189 e. The van der Waals surface area contributed by atoms with Crippen LogP contribution in [0.1, 0.15) is 30.7 Å². The third-order valence-electron chi connectivity index (χ3n) is 3.19. The first-order chi connectivity index (χ1) is 7.75. The smallest absolute Gasteiger partial charge is 0.189 e. The van der Waals surface area contributed by atoms with Crippen LogP contribution in [-0.4, -0.2) is 20.5 Å². The number of hydrogen-bond acceptors (Lipinski definition) is 5. The molecule has 4 nitrogen and oxygen atoms in total. The van der Waals surface area contributed by atoms with Gasteiger partial charge in [0.25, 0.3) is 0 Å². The topological polar surface area (TPSA) is 64.7 Å². The summed E-state index contributed by atoms with van der Waals surface area (Å²) in [5, 5.41) is 1.07. The van der Waals surface area contributed by atoms with Gasteiger partial charge in [-0.2, -0.15) is 0 Å². The van der Waals surface area contributed by atoms with Gasteiger partial charge in [0.1, 0.15) is 0 Å². The van der Waals surface area contributed by atoms with Gasteiger partial charge in [-0.1, -0.05) is 24.2 Å². The van der Waals surface area contributed by atoms with Crippen LogP contribution < -0.4 is 5.73 Å². The highest BCUT2D eigenvalue weighted by Gasteiger charge is 2.30.